The number of benzene rings is 1. The second-order valence-corrected chi connectivity index (χ2v) is 5.97. The van der Waals surface area contributed by atoms with Gasteiger partial charge in [0.05, 0.1) is 0 Å². The van der Waals surface area contributed by atoms with Crippen molar-refractivity contribution in [3.8, 4) is 0 Å². The van der Waals surface area contributed by atoms with Gasteiger partial charge in [-0.15, -0.1) is 0 Å². The molecule has 18 heavy (non-hydrogen) atoms. The molecule has 3 rings (SSSR count). The van der Waals surface area contributed by atoms with Gasteiger partial charge in [0.1, 0.15) is 0 Å². The van der Waals surface area contributed by atoms with Crippen molar-refractivity contribution in [2.75, 3.05) is 6.54 Å². The molecule has 0 aromatic heterocycles. The summed E-state index contributed by atoms with van der Waals surface area (Å²) in [5.74, 6) is 1.70. The third kappa shape index (κ3) is 2.21. The van der Waals surface area contributed by atoms with E-state index in [1.807, 2.05) is 0 Å². The molecule has 0 radical (unpaired) electrons. The summed E-state index contributed by atoms with van der Waals surface area (Å²) < 4.78 is 0. The van der Waals surface area contributed by atoms with Gasteiger partial charge in [0.15, 0.2) is 0 Å². The van der Waals surface area contributed by atoms with Crippen LogP contribution >= 0.6 is 0 Å². The molecule has 0 saturated heterocycles. The van der Waals surface area contributed by atoms with Crippen molar-refractivity contribution < 1.29 is 0 Å². The fourth-order valence-corrected chi connectivity index (χ4v) is 3.84. The van der Waals surface area contributed by atoms with Crippen LogP contribution in [0.3, 0.4) is 0 Å². The first-order valence-electron chi connectivity index (χ1n) is 7.71. The first kappa shape index (κ1) is 12.2. The van der Waals surface area contributed by atoms with E-state index < -0.39 is 0 Å². The fourth-order valence-electron chi connectivity index (χ4n) is 3.84. The van der Waals surface area contributed by atoms with E-state index in [0.717, 1.165) is 24.4 Å². The monoisotopic (exact) mass is 243 g/mol. The minimum atomic E-state index is 0.727. The SMILES string of the molecule is CCNC(C1CCC1)C1CCCc2ccccc21. The van der Waals surface area contributed by atoms with Crippen LogP contribution in [-0.4, -0.2) is 12.6 Å². The Bertz CT molecular complexity index is 394. The highest BCUT2D eigenvalue weighted by molar-refractivity contribution is 5.34. The van der Waals surface area contributed by atoms with Crippen LogP contribution in [0.25, 0.3) is 0 Å². The van der Waals surface area contributed by atoms with Crippen molar-refractivity contribution in [3.05, 3.63) is 35.4 Å². The molecule has 98 valence electrons. The Labute approximate surface area is 111 Å². The highest BCUT2D eigenvalue weighted by Crippen LogP contribution is 2.41. The fraction of sp³-hybridized carbons (Fsp3) is 0.647. The van der Waals surface area contributed by atoms with E-state index >= 15 is 0 Å². The van der Waals surface area contributed by atoms with E-state index in [9.17, 15) is 0 Å². The average molecular weight is 243 g/mol. The van der Waals surface area contributed by atoms with Crippen LogP contribution in [0, 0.1) is 5.92 Å². The highest BCUT2D eigenvalue weighted by Gasteiger charge is 2.35. The molecule has 0 heterocycles. The molecule has 1 N–H and O–H groups in total. The Kier molecular flexibility index (Phi) is 3.69. The third-order valence-corrected chi connectivity index (χ3v) is 4.95. The zero-order chi connectivity index (χ0) is 12.4. The summed E-state index contributed by atoms with van der Waals surface area (Å²) in [5, 5.41) is 3.80. The normalized spacial score (nSPS) is 25.3. The summed E-state index contributed by atoms with van der Waals surface area (Å²) in [6, 6.07) is 9.87. The lowest BCUT2D eigenvalue weighted by molar-refractivity contribution is 0.196. The van der Waals surface area contributed by atoms with E-state index in [0.29, 0.717) is 0 Å². The van der Waals surface area contributed by atoms with Crippen LogP contribution in [0.15, 0.2) is 24.3 Å². The lowest BCUT2D eigenvalue weighted by Crippen LogP contribution is -2.44. The van der Waals surface area contributed by atoms with Crippen molar-refractivity contribution in [2.45, 2.75) is 57.4 Å². The van der Waals surface area contributed by atoms with Gasteiger partial charge in [-0.05, 0) is 61.6 Å². The van der Waals surface area contributed by atoms with Crippen LogP contribution in [0.4, 0.5) is 0 Å². The molecule has 0 bridgehead atoms. The van der Waals surface area contributed by atoms with Crippen molar-refractivity contribution >= 4 is 0 Å². The number of aryl methyl sites for hydroxylation is 1. The Balaban J connectivity index is 1.85. The molecular formula is C17H25N. The zero-order valence-electron chi connectivity index (χ0n) is 11.5. The average Bonchev–Trinajstić information content (AvgIpc) is 2.35. The Morgan fingerprint density at radius 1 is 1.17 bits per heavy atom. The summed E-state index contributed by atoms with van der Waals surface area (Å²) in [6.07, 6.45) is 8.37. The van der Waals surface area contributed by atoms with Gasteiger partial charge in [-0.1, -0.05) is 37.6 Å². The van der Waals surface area contributed by atoms with E-state index in [1.54, 1.807) is 11.1 Å². The zero-order valence-corrected chi connectivity index (χ0v) is 11.5. The lowest BCUT2D eigenvalue weighted by atomic mass is 9.69. The van der Waals surface area contributed by atoms with Crippen LogP contribution in [0.2, 0.25) is 0 Å². The van der Waals surface area contributed by atoms with Crippen molar-refractivity contribution in [1.29, 1.82) is 0 Å². The smallest absolute Gasteiger partial charge is 0.0164 e. The molecule has 2 unspecified atom stereocenters. The van der Waals surface area contributed by atoms with Crippen LogP contribution in [0.1, 0.15) is 56.1 Å². The predicted octanol–water partition coefficient (Wildman–Crippen LogP) is 3.88. The molecular weight excluding hydrogens is 218 g/mol. The molecule has 1 heteroatoms. The van der Waals surface area contributed by atoms with Gasteiger partial charge in [-0.25, -0.2) is 0 Å². The van der Waals surface area contributed by atoms with E-state index in [-0.39, 0.29) is 0 Å². The molecule has 1 saturated carbocycles. The topological polar surface area (TPSA) is 12.0 Å². The van der Waals surface area contributed by atoms with E-state index in [4.69, 9.17) is 0 Å². The standard InChI is InChI=1S/C17H25N/c1-2-18-17(14-9-5-10-14)16-12-6-8-13-7-3-4-11-15(13)16/h3-4,7,11,14,16-18H,2,5-6,8-10,12H2,1H3. The summed E-state index contributed by atoms with van der Waals surface area (Å²) in [4.78, 5) is 0. The van der Waals surface area contributed by atoms with Crippen molar-refractivity contribution in [2.24, 2.45) is 5.92 Å². The van der Waals surface area contributed by atoms with Gasteiger partial charge in [0.25, 0.3) is 0 Å². The maximum atomic E-state index is 3.80. The molecule has 2 aliphatic rings. The van der Waals surface area contributed by atoms with E-state index in [1.165, 1.54) is 38.5 Å². The van der Waals surface area contributed by atoms with Gasteiger partial charge in [0.2, 0.25) is 0 Å². The largest absolute Gasteiger partial charge is 0.313 e. The second-order valence-electron chi connectivity index (χ2n) is 5.97. The quantitative estimate of drug-likeness (QED) is 0.846. The van der Waals surface area contributed by atoms with Crippen molar-refractivity contribution in [1.82, 2.24) is 5.32 Å². The number of fused-ring (bicyclic) bond motifs is 1. The molecule has 1 aromatic rings. The minimum absolute atomic E-state index is 0.727. The van der Waals surface area contributed by atoms with Crippen molar-refractivity contribution in [3.63, 3.8) is 0 Å². The number of likely N-dealkylation sites (N-methyl/N-ethyl adjacent to an activating group) is 1. The Morgan fingerprint density at radius 2 is 2.00 bits per heavy atom. The molecule has 2 atom stereocenters. The Hall–Kier alpha value is -0.820. The van der Waals surface area contributed by atoms with Gasteiger partial charge in [0, 0.05) is 6.04 Å². The molecule has 0 aliphatic heterocycles. The minimum Gasteiger partial charge on any atom is -0.313 e. The summed E-state index contributed by atoms with van der Waals surface area (Å²) >= 11 is 0. The first-order valence-corrected chi connectivity index (χ1v) is 7.71. The predicted molar refractivity (Wildman–Crippen MR) is 76.9 cm³/mol. The van der Waals surface area contributed by atoms with Gasteiger partial charge >= 0.3 is 0 Å². The van der Waals surface area contributed by atoms with Crippen LogP contribution in [-0.2, 0) is 6.42 Å². The molecule has 0 amide bonds. The molecule has 1 nitrogen and oxygen atoms in total. The third-order valence-electron chi connectivity index (χ3n) is 4.95. The maximum absolute atomic E-state index is 3.80. The lowest BCUT2D eigenvalue weighted by Gasteiger charge is -2.41. The van der Waals surface area contributed by atoms with Gasteiger partial charge in [-0.3, -0.25) is 0 Å². The van der Waals surface area contributed by atoms with Gasteiger partial charge in [-0.2, -0.15) is 0 Å². The molecule has 0 spiro atoms. The highest BCUT2D eigenvalue weighted by atomic mass is 14.9. The number of nitrogens with one attached hydrogen (secondary N) is 1. The first-order chi connectivity index (χ1) is 8.90. The summed E-state index contributed by atoms with van der Waals surface area (Å²) in [6.45, 7) is 3.36. The number of hydrogen-bond acceptors (Lipinski definition) is 1. The van der Waals surface area contributed by atoms with Crippen LogP contribution < -0.4 is 5.32 Å². The summed E-state index contributed by atoms with van der Waals surface area (Å²) in [5.41, 5.74) is 3.25. The Morgan fingerprint density at radius 3 is 2.72 bits per heavy atom. The number of hydrogen-bond donors (Lipinski definition) is 1. The second kappa shape index (κ2) is 5.44. The molecule has 1 fully saturated rings. The summed E-state index contributed by atoms with van der Waals surface area (Å²) in [7, 11) is 0. The van der Waals surface area contributed by atoms with E-state index in [2.05, 4.69) is 36.5 Å². The van der Waals surface area contributed by atoms with Crippen LogP contribution in [0.5, 0.6) is 0 Å². The number of rotatable bonds is 4. The molecule has 1 aromatic carbocycles. The maximum Gasteiger partial charge on any atom is 0.0164 e. The molecule has 2 aliphatic carbocycles. The van der Waals surface area contributed by atoms with Gasteiger partial charge < -0.3 is 5.32 Å².